The van der Waals surface area contributed by atoms with Gasteiger partial charge >= 0.3 is 0 Å². The summed E-state index contributed by atoms with van der Waals surface area (Å²) in [5.74, 6) is 0. The summed E-state index contributed by atoms with van der Waals surface area (Å²) in [4.78, 5) is 0. The van der Waals surface area contributed by atoms with Crippen LogP contribution in [0.25, 0.3) is 0 Å². The second-order valence-electron chi connectivity index (χ2n) is 4.06. The summed E-state index contributed by atoms with van der Waals surface area (Å²) in [5.41, 5.74) is 2.47. The average molecular weight is 241 g/mol. The monoisotopic (exact) mass is 240 g/mol. The van der Waals surface area contributed by atoms with Crippen molar-refractivity contribution in [2.45, 2.75) is 26.8 Å². The van der Waals surface area contributed by atoms with Crippen LogP contribution in [0, 0.1) is 6.92 Å². The lowest BCUT2D eigenvalue weighted by molar-refractivity contribution is 0.606. The fraction of sp³-hybridized carbons (Fsp3) is 0.538. The molecular formula is C13H21ClN2. The minimum atomic E-state index is 0.820. The van der Waals surface area contributed by atoms with Crippen LogP contribution in [0.1, 0.15) is 24.5 Å². The van der Waals surface area contributed by atoms with E-state index in [0.29, 0.717) is 0 Å². The van der Waals surface area contributed by atoms with E-state index in [9.17, 15) is 0 Å². The number of halogens is 1. The third kappa shape index (κ3) is 5.50. The Bertz CT molecular complexity index is 293. The van der Waals surface area contributed by atoms with Crippen molar-refractivity contribution in [2.24, 2.45) is 0 Å². The Labute approximate surface area is 103 Å². The van der Waals surface area contributed by atoms with Crippen LogP contribution in [0.3, 0.4) is 0 Å². The highest BCUT2D eigenvalue weighted by molar-refractivity contribution is 6.30. The Morgan fingerprint density at radius 2 is 1.81 bits per heavy atom. The summed E-state index contributed by atoms with van der Waals surface area (Å²) >= 11 is 5.99. The van der Waals surface area contributed by atoms with E-state index in [1.807, 2.05) is 12.1 Å². The molecule has 2 N–H and O–H groups in total. The smallest absolute Gasteiger partial charge is 0.0411 e. The number of benzene rings is 1. The number of aryl methyl sites for hydroxylation is 1. The SMILES string of the molecule is CCCNCCNCc1cc(C)cc(Cl)c1. The molecule has 0 saturated heterocycles. The van der Waals surface area contributed by atoms with Crippen molar-refractivity contribution in [2.75, 3.05) is 19.6 Å². The maximum absolute atomic E-state index is 5.99. The zero-order valence-corrected chi connectivity index (χ0v) is 10.9. The van der Waals surface area contributed by atoms with Crippen molar-refractivity contribution in [3.8, 4) is 0 Å². The first-order valence-electron chi connectivity index (χ1n) is 5.90. The van der Waals surface area contributed by atoms with Gasteiger partial charge in [-0.05, 0) is 43.1 Å². The molecule has 0 radical (unpaired) electrons. The first-order chi connectivity index (χ1) is 7.72. The van der Waals surface area contributed by atoms with Crippen molar-refractivity contribution in [3.63, 3.8) is 0 Å². The van der Waals surface area contributed by atoms with Gasteiger partial charge in [0.05, 0.1) is 0 Å². The lowest BCUT2D eigenvalue weighted by atomic mass is 10.1. The van der Waals surface area contributed by atoms with Gasteiger partial charge in [-0.2, -0.15) is 0 Å². The molecule has 0 fully saturated rings. The van der Waals surface area contributed by atoms with Crippen LogP contribution in [0.4, 0.5) is 0 Å². The third-order valence-corrected chi connectivity index (χ3v) is 2.55. The molecule has 0 bridgehead atoms. The molecule has 1 aromatic rings. The Balaban J connectivity index is 2.21. The fourth-order valence-corrected chi connectivity index (χ4v) is 1.94. The maximum Gasteiger partial charge on any atom is 0.0411 e. The zero-order chi connectivity index (χ0) is 11.8. The molecule has 0 aliphatic carbocycles. The van der Waals surface area contributed by atoms with Crippen LogP contribution in [-0.4, -0.2) is 19.6 Å². The molecule has 2 nitrogen and oxygen atoms in total. The number of hydrogen-bond donors (Lipinski definition) is 2. The van der Waals surface area contributed by atoms with Gasteiger partial charge in [0, 0.05) is 24.7 Å². The van der Waals surface area contributed by atoms with Gasteiger partial charge < -0.3 is 10.6 Å². The topological polar surface area (TPSA) is 24.1 Å². The summed E-state index contributed by atoms with van der Waals surface area (Å²) in [6, 6.07) is 6.16. The van der Waals surface area contributed by atoms with Gasteiger partial charge in [0.1, 0.15) is 0 Å². The quantitative estimate of drug-likeness (QED) is 0.717. The van der Waals surface area contributed by atoms with Crippen LogP contribution in [0.15, 0.2) is 18.2 Å². The van der Waals surface area contributed by atoms with Crippen LogP contribution in [0.5, 0.6) is 0 Å². The first kappa shape index (κ1) is 13.5. The van der Waals surface area contributed by atoms with E-state index in [2.05, 4.69) is 30.5 Å². The summed E-state index contributed by atoms with van der Waals surface area (Å²) < 4.78 is 0. The summed E-state index contributed by atoms with van der Waals surface area (Å²) in [6.45, 7) is 8.24. The molecule has 0 unspecified atom stereocenters. The van der Waals surface area contributed by atoms with Gasteiger partial charge in [-0.25, -0.2) is 0 Å². The van der Waals surface area contributed by atoms with Crippen LogP contribution in [0.2, 0.25) is 5.02 Å². The van der Waals surface area contributed by atoms with E-state index in [-0.39, 0.29) is 0 Å². The second-order valence-corrected chi connectivity index (χ2v) is 4.50. The Hall–Kier alpha value is -0.570. The van der Waals surface area contributed by atoms with E-state index < -0.39 is 0 Å². The van der Waals surface area contributed by atoms with Crippen LogP contribution < -0.4 is 10.6 Å². The predicted molar refractivity (Wildman–Crippen MR) is 71.1 cm³/mol. The fourth-order valence-electron chi connectivity index (χ4n) is 1.63. The van der Waals surface area contributed by atoms with E-state index in [1.54, 1.807) is 0 Å². The molecule has 0 atom stereocenters. The lowest BCUT2D eigenvalue weighted by Gasteiger charge is -2.07. The third-order valence-electron chi connectivity index (χ3n) is 2.34. The highest BCUT2D eigenvalue weighted by Crippen LogP contribution is 2.14. The molecule has 0 aromatic heterocycles. The maximum atomic E-state index is 5.99. The van der Waals surface area contributed by atoms with E-state index in [4.69, 9.17) is 11.6 Å². The van der Waals surface area contributed by atoms with Gasteiger partial charge in [0.25, 0.3) is 0 Å². The Morgan fingerprint density at radius 3 is 2.50 bits per heavy atom. The standard InChI is InChI=1S/C13H21ClN2/c1-3-4-15-5-6-16-10-12-7-11(2)8-13(14)9-12/h7-9,15-16H,3-6,10H2,1-2H3. The molecular weight excluding hydrogens is 220 g/mol. The van der Waals surface area contributed by atoms with Gasteiger partial charge in [-0.3, -0.25) is 0 Å². The molecule has 0 saturated carbocycles. The van der Waals surface area contributed by atoms with Crippen molar-refractivity contribution >= 4 is 11.6 Å². The number of nitrogens with one attached hydrogen (secondary N) is 2. The molecule has 1 aromatic carbocycles. The van der Waals surface area contributed by atoms with Crippen molar-refractivity contribution in [1.82, 2.24) is 10.6 Å². The van der Waals surface area contributed by atoms with Gasteiger partial charge in [-0.15, -0.1) is 0 Å². The van der Waals surface area contributed by atoms with Crippen molar-refractivity contribution in [1.29, 1.82) is 0 Å². The molecule has 90 valence electrons. The average Bonchev–Trinajstić information content (AvgIpc) is 2.22. The summed E-state index contributed by atoms with van der Waals surface area (Å²) in [5, 5.41) is 7.57. The minimum Gasteiger partial charge on any atom is -0.315 e. The zero-order valence-electron chi connectivity index (χ0n) is 10.1. The van der Waals surface area contributed by atoms with E-state index in [0.717, 1.165) is 31.2 Å². The van der Waals surface area contributed by atoms with Crippen LogP contribution >= 0.6 is 11.6 Å². The highest BCUT2D eigenvalue weighted by atomic mass is 35.5. The molecule has 0 aliphatic rings. The summed E-state index contributed by atoms with van der Waals surface area (Å²) in [7, 11) is 0. The number of rotatable bonds is 7. The molecule has 3 heteroatoms. The highest BCUT2D eigenvalue weighted by Gasteiger charge is 1.96. The van der Waals surface area contributed by atoms with Crippen molar-refractivity contribution in [3.05, 3.63) is 34.3 Å². The molecule has 1 rings (SSSR count). The lowest BCUT2D eigenvalue weighted by Crippen LogP contribution is -2.27. The second kappa shape index (κ2) is 7.66. The largest absolute Gasteiger partial charge is 0.315 e. The molecule has 0 spiro atoms. The van der Waals surface area contributed by atoms with Gasteiger partial charge in [0.2, 0.25) is 0 Å². The van der Waals surface area contributed by atoms with Gasteiger partial charge in [0.15, 0.2) is 0 Å². The van der Waals surface area contributed by atoms with E-state index >= 15 is 0 Å². The van der Waals surface area contributed by atoms with E-state index in [1.165, 1.54) is 17.5 Å². The Morgan fingerprint density at radius 1 is 1.06 bits per heavy atom. The van der Waals surface area contributed by atoms with Gasteiger partial charge in [-0.1, -0.05) is 24.6 Å². The summed E-state index contributed by atoms with van der Waals surface area (Å²) in [6.07, 6.45) is 1.19. The predicted octanol–water partition coefficient (Wildman–Crippen LogP) is 2.74. The molecule has 0 aliphatic heterocycles. The molecule has 0 heterocycles. The number of hydrogen-bond acceptors (Lipinski definition) is 2. The first-order valence-corrected chi connectivity index (χ1v) is 6.27. The van der Waals surface area contributed by atoms with Crippen LogP contribution in [-0.2, 0) is 6.54 Å². The molecule has 16 heavy (non-hydrogen) atoms. The van der Waals surface area contributed by atoms with Crippen molar-refractivity contribution < 1.29 is 0 Å². The minimum absolute atomic E-state index is 0.820. The molecule has 0 amide bonds. The Kier molecular flexibility index (Phi) is 6.46. The normalized spacial score (nSPS) is 10.7.